The first-order valence-electron chi connectivity index (χ1n) is 7.35. The molecule has 0 radical (unpaired) electrons. The normalized spacial score (nSPS) is 10.5. The molecule has 0 heterocycles. The second kappa shape index (κ2) is 7.05. The van der Waals surface area contributed by atoms with Gasteiger partial charge in [-0.05, 0) is 48.9 Å². The lowest BCUT2D eigenvalue weighted by Crippen LogP contribution is -2.17. The smallest absolute Gasteiger partial charge is 0.256 e. The largest absolute Gasteiger partial charge is 0.326 e. The van der Waals surface area contributed by atoms with Crippen molar-refractivity contribution >= 4 is 23.2 Å². The fourth-order valence-corrected chi connectivity index (χ4v) is 1.96. The predicted molar refractivity (Wildman–Crippen MR) is 89.0 cm³/mol. The van der Waals surface area contributed by atoms with Crippen LogP contribution >= 0.6 is 0 Å². The zero-order chi connectivity index (χ0) is 17.0. The molecule has 0 aliphatic carbocycles. The van der Waals surface area contributed by atoms with E-state index in [0.29, 0.717) is 22.5 Å². The van der Waals surface area contributed by atoms with Gasteiger partial charge in [0.25, 0.3) is 5.91 Å². The summed E-state index contributed by atoms with van der Waals surface area (Å²) in [4.78, 5) is 23.8. The van der Waals surface area contributed by atoms with Crippen LogP contribution in [0.25, 0.3) is 0 Å². The Morgan fingerprint density at radius 3 is 2.09 bits per heavy atom. The summed E-state index contributed by atoms with van der Waals surface area (Å²) in [5, 5.41) is 5.48. The first kappa shape index (κ1) is 16.7. The second-order valence-corrected chi connectivity index (χ2v) is 5.63. The van der Waals surface area contributed by atoms with Crippen LogP contribution in [0.4, 0.5) is 15.8 Å². The lowest BCUT2D eigenvalue weighted by Gasteiger charge is -2.10. The maximum atomic E-state index is 13.3. The summed E-state index contributed by atoms with van der Waals surface area (Å²) >= 11 is 0. The molecule has 0 aliphatic rings. The molecule has 0 aliphatic heterocycles. The fourth-order valence-electron chi connectivity index (χ4n) is 1.96. The van der Waals surface area contributed by atoms with Crippen LogP contribution in [0.5, 0.6) is 0 Å². The number of rotatable bonds is 4. The average Bonchev–Trinajstić information content (AvgIpc) is 2.51. The van der Waals surface area contributed by atoms with Crippen LogP contribution in [-0.4, -0.2) is 11.8 Å². The highest BCUT2D eigenvalue weighted by atomic mass is 19.1. The summed E-state index contributed by atoms with van der Waals surface area (Å²) in [7, 11) is 0. The van der Waals surface area contributed by atoms with E-state index in [-0.39, 0.29) is 17.7 Å². The van der Waals surface area contributed by atoms with Crippen molar-refractivity contribution in [3.8, 4) is 0 Å². The summed E-state index contributed by atoms with van der Waals surface area (Å²) < 4.78 is 13.3. The van der Waals surface area contributed by atoms with Gasteiger partial charge in [0.05, 0.1) is 0 Å². The van der Waals surface area contributed by atoms with Crippen LogP contribution in [0.2, 0.25) is 0 Å². The van der Waals surface area contributed by atoms with Gasteiger partial charge >= 0.3 is 0 Å². The van der Waals surface area contributed by atoms with E-state index in [1.807, 2.05) is 13.8 Å². The maximum Gasteiger partial charge on any atom is 0.256 e. The molecule has 0 fully saturated rings. The Morgan fingerprint density at radius 1 is 0.957 bits per heavy atom. The predicted octanol–water partition coefficient (Wildman–Crippen LogP) is 3.98. The van der Waals surface area contributed by atoms with Crippen molar-refractivity contribution in [3.05, 3.63) is 59.4 Å². The van der Waals surface area contributed by atoms with Crippen LogP contribution in [0.3, 0.4) is 0 Å². The lowest BCUT2D eigenvalue weighted by atomic mass is 10.1. The van der Waals surface area contributed by atoms with Gasteiger partial charge in [0.2, 0.25) is 5.91 Å². The highest BCUT2D eigenvalue weighted by molar-refractivity contribution is 6.05. The van der Waals surface area contributed by atoms with Crippen molar-refractivity contribution in [3.63, 3.8) is 0 Å². The molecule has 2 aromatic rings. The molecule has 2 amide bonds. The number of halogens is 1. The molecule has 2 aromatic carbocycles. The monoisotopic (exact) mass is 314 g/mol. The van der Waals surface area contributed by atoms with Crippen molar-refractivity contribution in [2.45, 2.75) is 20.8 Å². The zero-order valence-corrected chi connectivity index (χ0v) is 13.3. The van der Waals surface area contributed by atoms with Crippen LogP contribution in [0.15, 0.2) is 42.5 Å². The third-order valence-electron chi connectivity index (χ3n) is 3.38. The van der Waals surface area contributed by atoms with Crippen molar-refractivity contribution in [2.75, 3.05) is 10.6 Å². The number of anilines is 2. The Labute approximate surface area is 134 Å². The third-order valence-corrected chi connectivity index (χ3v) is 3.38. The van der Waals surface area contributed by atoms with Crippen LogP contribution in [0, 0.1) is 18.7 Å². The Morgan fingerprint density at radius 2 is 1.52 bits per heavy atom. The van der Waals surface area contributed by atoms with Gasteiger partial charge in [0.15, 0.2) is 0 Å². The van der Waals surface area contributed by atoms with E-state index < -0.39 is 5.82 Å². The van der Waals surface area contributed by atoms with Gasteiger partial charge in [-0.15, -0.1) is 0 Å². The molecular formula is C18H19FN2O2. The van der Waals surface area contributed by atoms with Gasteiger partial charge < -0.3 is 10.6 Å². The molecule has 0 saturated carbocycles. The van der Waals surface area contributed by atoms with E-state index in [1.54, 1.807) is 37.3 Å². The fraction of sp³-hybridized carbons (Fsp3) is 0.222. The van der Waals surface area contributed by atoms with Gasteiger partial charge in [0.1, 0.15) is 5.82 Å². The number of hydrogen-bond donors (Lipinski definition) is 2. The highest BCUT2D eigenvalue weighted by Crippen LogP contribution is 2.17. The molecule has 2 rings (SSSR count). The molecule has 0 saturated heterocycles. The maximum absolute atomic E-state index is 13.3. The second-order valence-electron chi connectivity index (χ2n) is 5.63. The molecule has 23 heavy (non-hydrogen) atoms. The van der Waals surface area contributed by atoms with Crippen LogP contribution in [0.1, 0.15) is 29.8 Å². The first-order chi connectivity index (χ1) is 10.9. The molecule has 2 N–H and O–H groups in total. The third kappa shape index (κ3) is 4.39. The van der Waals surface area contributed by atoms with Crippen molar-refractivity contribution < 1.29 is 14.0 Å². The number of carbonyl (C=O) groups is 2. The summed E-state index contributed by atoms with van der Waals surface area (Å²) in [6.07, 6.45) is 0. The Hall–Kier alpha value is -2.69. The summed E-state index contributed by atoms with van der Waals surface area (Å²) in [5.41, 5.74) is 2.22. The Balaban J connectivity index is 2.07. The van der Waals surface area contributed by atoms with E-state index in [1.165, 1.54) is 12.1 Å². The van der Waals surface area contributed by atoms with Crippen molar-refractivity contribution in [1.29, 1.82) is 0 Å². The minimum absolute atomic E-state index is 0.0721. The van der Waals surface area contributed by atoms with E-state index in [0.717, 1.165) is 0 Å². The first-order valence-corrected chi connectivity index (χ1v) is 7.35. The minimum atomic E-state index is -0.451. The van der Waals surface area contributed by atoms with Crippen LogP contribution < -0.4 is 10.6 Å². The number of nitrogens with one attached hydrogen (secondary N) is 2. The summed E-state index contributed by atoms with van der Waals surface area (Å²) in [6, 6.07) is 10.9. The van der Waals surface area contributed by atoms with E-state index in [4.69, 9.17) is 0 Å². The Bertz CT molecular complexity index is 724. The van der Waals surface area contributed by atoms with Gasteiger partial charge in [-0.1, -0.05) is 19.9 Å². The van der Waals surface area contributed by atoms with Gasteiger partial charge in [-0.3, -0.25) is 9.59 Å². The zero-order valence-electron chi connectivity index (χ0n) is 13.3. The standard InChI is InChI=1S/C18H19FN2O2/c1-11(2)17(22)20-14-6-8-15(9-7-14)21-18(23)16-10-13(19)5-4-12(16)3/h4-11H,1-3H3,(H,20,22)(H,21,23). The molecule has 0 aromatic heterocycles. The molecule has 0 spiro atoms. The molecule has 0 atom stereocenters. The topological polar surface area (TPSA) is 58.2 Å². The molecule has 0 unspecified atom stereocenters. The molecule has 0 bridgehead atoms. The lowest BCUT2D eigenvalue weighted by molar-refractivity contribution is -0.118. The number of hydrogen-bond acceptors (Lipinski definition) is 2. The molecule has 5 heteroatoms. The highest BCUT2D eigenvalue weighted by Gasteiger charge is 2.11. The van der Waals surface area contributed by atoms with Gasteiger partial charge in [-0.25, -0.2) is 4.39 Å². The molecule has 120 valence electrons. The number of carbonyl (C=O) groups excluding carboxylic acids is 2. The minimum Gasteiger partial charge on any atom is -0.326 e. The summed E-state index contributed by atoms with van der Waals surface area (Å²) in [6.45, 7) is 5.37. The van der Waals surface area contributed by atoms with E-state index in [9.17, 15) is 14.0 Å². The number of amides is 2. The molecular weight excluding hydrogens is 295 g/mol. The van der Waals surface area contributed by atoms with Crippen molar-refractivity contribution in [2.24, 2.45) is 5.92 Å². The summed E-state index contributed by atoms with van der Waals surface area (Å²) in [5.74, 6) is -1.00. The van der Waals surface area contributed by atoms with Crippen LogP contribution in [-0.2, 0) is 4.79 Å². The van der Waals surface area contributed by atoms with Crippen molar-refractivity contribution in [1.82, 2.24) is 0 Å². The quantitative estimate of drug-likeness (QED) is 0.896. The number of aryl methyl sites for hydroxylation is 1. The average molecular weight is 314 g/mol. The molecule has 4 nitrogen and oxygen atoms in total. The van der Waals surface area contributed by atoms with E-state index >= 15 is 0 Å². The SMILES string of the molecule is Cc1ccc(F)cc1C(=O)Nc1ccc(NC(=O)C(C)C)cc1. The van der Waals surface area contributed by atoms with Gasteiger partial charge in [-0.2, -0.15) is 0 Å². The van der Waals surface area contributed by atoms with Gasteiger partial charge in [0, 0.05) is 22.9 Å². The Kier molecular flexibility index (Phi) is 5.11. The van der Waals surface area contributed by atoms with E-state index in [2.05, 4.69) is 10.6 Å². The number of benzene rings is 2.